The molecule has 0 atom stereocenters. The molecule has 0 radical (unpaired) electrons. The smallest absolute Gasteiger partial charge is 0.380 e. The molecule has 98 valence electrons. The van der Waals surface area contributed by atoms with E-state index in [1.807, 2.05) is 6.92 Å². The van der Waals surface area contributed by atoms with Gasteiger partial charge in [0, 0.05) is 5.56 Å². The number of alkyl halides is 3. The number of halogens is 3. The van der Waals surface area contributed by atoms with Crippen molar-refractivity contribution in [3.8, 4) is 0 Å². The van der Waals surface area contributed by atoms with E-state index < -0.39 is 18.6 Å². The van der Waals surface area contributed by atoms with Crippen molar-refractivity contribution < 1.29 is 22.8 Å². The summed E-state index contributed by atoms with van der Waals surface area (Å²) >= 11 is 0. The van der Waals surface area contributed by atoms with Gasteiger partial charge in [-0.15, -0.1) is 0 Å². The fourth-order valence-corrected chi connectivity index (χ4v) is 1.07. The van der Waals surface area contributed by atoms with Crippen LogP contribution in [0, 0.1) is 6.92 Å². The molecule has 0 unspecified atom stereocenters. The van der Waals surface area contributed by atoms with Crippen molar-refractivity contribution >= 4 is 11.8 Å². The summed E-state index contributed by atoms with van der Waals surface area (Å²) in [5, 5.41) is 3.15. The lowest BCUT2D eigenvalue weighted by Crippen LogP contribution is -2.18. The number of oxime groups is 1. The number of amidine groups is 1. The molecular weight excluding hydrogens is 249 g/mol. The number of carbonyl (C=O) groups excluding carboxylic acids is 1. The van der Waals surface area contributed by atoms with Gasteiger partial charge in [-0.05, 0) is 6.92 Å². The van der Waals surface area contributed by atoms with Gasteiger partial charge in [0.2, 0.25) is 0 Å². The van der Waals surface area contributed by atoms with Gasteiger partial charge in [-0.2, -0.15) is 13.2 Å². The Morgan fingerprint density at radius 2 is 1.89 bits per heavy atom. The second-order valence-electron chi connectivity index (χ2n) is 3.60. The number of hydrogen-bond donors (Lipinski definition) is 1. The first-order valence-corrected chi connectivity index (χ1v) is 4.95. The minimum absolute atomic E-state index is 0.162. The maximum absolute atomic E-state index is 11.8. The fraction of sp³-hybridized carbons (Fsp3) is 0.273. The van der Waals surface area contributed by atoms with Crippen LogP contribution in [0.25, 0.3) is 0 Å². The first-order valence-electron chi connectivity index (χ1n) is 4.95. The summed E-state index contributed by atoms with van der Waals surface area (Å²) in [6, 6.07) is 6.72. The van der Waals surface area contributed by atoms with Crippen molar-refractivity contribution in [2.45, 2.75) is 19.5 Å². The zero-order chi connectivity index (χ0) is 13.8. The Hall–Kier alpha value is -2.05. The number of benzene rings is 1. The zero-order valence-corrected chi connectivity index (χ0v) is 9.49. The van der Waals surface area contributed by atoms with E-state index in [1.165, 1.54) is 0 Å². The molecule has 0 saturated carbocycles. The Kier molecular flexibility index (Phi) is 4.30. The van der Waals surface area contributed by atoms with E-state index in [1.54, 1.807) is 24.3 Å². The molecule has 1 aromatic rings. The Bertz CT molecular complexity index is 452. The second kappa shape index (κ2) is 5.52. The van der Waals surface area contributed by atoms with E-state index in [0.717, 1.165) is 5.56 Å². The van der Waals surface area contributed by atoms with Crippen molar-refractivity contribution in [2.24, 2.45) is 10.9 Å². The number of nitrogens with zero attached hydrogens (tertiary/aromatic N) is 1. The van der Waals surface area contributed by atoms with Crippen LogP contribution in [0.5, 0.6) is 0 Å². The third-order valence-corrected chi connectivity index (χ3v) is 1.94. The highest BCUT2D eigenvalue weighted by Crippen LogP contribution is 2.19. The number of hydrogen-bond acceptors (Lipinski definition) is 3. The molecule has 2 N–H and O–H groups in total. The predicted molar refractivity (Wildman–Crippen MR) is 58.7 cm³/mol. The third-order valence-electron chi connectivity index (χ3n) is 1.94. The molecular formula is C11H11F3N2O2. The molecule has 7 heteroatoms. The standard InChI is InChI=1S/C11H11F3N2O2/c1-7-2-4-8(5-3-7)10(15)16-18-9(17)6-11(12,13)14/h2-5H,6H2,1H3,(H2,15,16). The number of aryl methyl sites for hydroxylation is 1. The van der Waals surface area contributed by atoms with Crippen LogP contribution in [0.1, 0.15) is 17.5 Å². The summed E-state index contributed by atoms with van der Waals surface area (Å²) in [7, 11) is 0. The van der Waals surface area contributed by atoms with Gasteiger partial charge in [0.15, 0.2) is 5.84 Å². The number of rotatable bonds is 3. The van der Waals surface area contributed by atoms with Crippen molar-refractivity contribution in [2.75, 3.05) is 0 Å². The van der Waals surface area contributed by atoms with Crippen LogP contribution >= 0.6 is 0 Å². The molecule has 0 amide bonds. The van der Waals surface area contributed by atoms with Crippen LogP contribution < -0.4 is 5.73 Å². The molecule has 0 heterocycles. The molecule has 1 rings (SSSR count). The molecule has 0 spiro atoms. The Balaban J connectivity index is 2.62. The Morgan fingerprint density at radius 3 is 2.39 bits per heavy atom. The van der Waals surface area contributed by atoms with Gasteiger partial charge in [0.05, 0.1) is 0 Å². The van der Waals surface area contributed by atoms with E-state index >= 15 is 0 Å². The molecule has 0 aromatic heterocycles. The van der Waals surface area contributed by atoms with Crippen LogP contribution in [-0.2, 0) is 9.63 Å². The normalized spacial score (nSPS) is 12.3. The van der Waals surface area contributed by atoms with Crippen molar-refractivity contribution in [3.63, 3.8) is 0 Å². The molecule has 0 bridgehead atoms. The van der Waals surface area contributed by atoms with Crippen molar-refractivity contribution in [3.05, 3.63) is 35.4 Å². The van der Waals surface area contributed by atoms with Crippen LogP contribution in [0.2, 0.25) is 0 Å². The van der Waals surface area contributed by atoms with Gasteiger partial charge in [0.1, 0.15) is 6.42 Å². The monoisotopic (exact) mass is 260 g/mol. The van der Waals surface area contributed by atoms with Crippen molar-refractivity contribution in [1.82, 2.24) is 0 Å². The Labute approximate surface area is 101 Å². The van der Waals surface area contributed by atoms with E-state index in [4.69, 9.17) is 5.73 Å². The summed E-state index contributed by atoms with van der Waals surface area (Å²) in [5.41, 5.74) is 6.89. The topological polar surface area (TPSA) is 64.7 Å². The first kappa shape index (κ1) is 14.0. The van der Waals surface area contributed by atoms with Gasteiger partial charge in [0.25, 0.3) is 0 Å². The Morgan fingerprint density at radius 1 is 1.33 bits per heavy atom. The fourth-order valence-electron chi connectivity index (χ4n) is 1.07. The molecule has 0 fully saturated rings. The summed E-state index contributed by atoms with van der Waals surface area (Å²) in [6.07, 6.45) is -6.32. The van der Waals surface area contributed by atoms with Gasteiger partial charge >= 0.3 is 12.1 Å². The number of carbonyl (C=O) groups is 1. The second-order valence-corrected chi connectivity index (χ2v) is 3.60. The van der Waals surface area contributed by atoms with E-state index in [0.29, 0.717) is 5.56 Å². The van der Waals surface area contributed by atoms with E-state index in [2.05, 4.69) is 9.99 Å². The summed E-state index contributed by atoms with van der Waals surface area (Å²) in [5.74, 6) is -1.66. The quantitative estimate of drug-likeness (QED) is 0.392. The largest absolute Gasteiger partial charge is 0.399 e. The average Bonchev–Trinajstić information content (AvgIpc) is 2.24. The van der Waals surface area contributed by atoms with E-state index in [9.17, 15) is 18.0 Å². The number of nitrogens with two attached hydrogens (primary N) is 1. The molecule has 0 aliphatic heterocycles. The van der Waals surface area contributed by atoms with Gasteiger partial charge in [-0.1, -0.05) is 35.0 Å². The highest BCUT2D eigenvalue weighted by Gasteiger charge is 2.32. The molecule has 1 aromatic carbocycles. The lowest BCUT2D eigenvalue weighted by Gasteiger charge is -2.04. The molecule has 0 aliphatic carbocycles. The highest BCUT2D eigenvalue weighted by molar-refractivity contribution is 5.97. The maximum Gasteiger partial charge on any atom is 0.399 e. The summed E-state index contributed by atoms with van der Waals surface area (Å²) in [6.45, 7) is 1.86. The lowest BCUT2D eigenvalue weighted by molar-refractivity contribution is -0.171. The average molecular weight is 260 g/mol. The molecule has 0 aliphatic rings. The highest BCUT2D eigenvalue weighted by atomic mass is 19.4. The maximum atomic E-state index is 11.8. The predicted octanol–water partition coefficient (Wildman–Crippen LogP) is 2.11. The van der Waals surface area contributed by atoms with Crippen molar-refractivity contribution in [1.29, 1.82) is 0 Å². The molecule has 0 saturated heterocycles. The van der Waals surface area contributed by atoms with Crippen LogP contribution in [0.4, 0.5) is 13.2 Å². The minimum atomic E-state index is -4.62. The lowest BCUT2D eigenvalue weighted by atomic mass is 10.1. The van der Waals surface area contributed by atoms with Crippen LogP contribution in [-0.4, -0.2) is 18.0 Å². The summed E-state index contributed by atoms with van der Waals surface area (Å²) in [4.78, 5) is 14.8. The first-order chi connectivity index (χ1) is 8.28. The van der Waals surface area contributed by atoms with Crippen LogP contribution in [0.15, 0.2) is 29.4 Å². The minimum Gasteiger partial charge on any atom is -0.380 e. The van der Waals surface area contributed by atoms with Crippen LogP contribution in [0.3, 0.4) is 0 Å². The van der Waals surface area contributed by atoms with Gasteiger partial charge < -0.3 is 10.6 Å². The zero-order valence-electron chi connectivity index (χ0n) is 9.49. The SMILES string of the molecule is Cc1ccc(/C(N)=N/OC(=O)CC(F)(F)F)cc1. The summed E-state index contributed by atoms with van der Waals surface area (Å²) < 4.78 is 35.5. The third kappa shape index (κ3) is 4.86. The molecule has 4 nitrogen and oxygen atoms in total. The van der Waals surface area contributed by atoms with Gasteiger partial charge in [-0.3, -0.25) is 0 Å². The van der Waals surface area contributed by atoms with Gasteiger partial charge in [-0.25, -0.2) is 4.79 Å². The van der Waals surface area contributed by atoms with E-state index in [-0.39, 0.29) is 5.84 Å². The molecule has 18 heavy (non-hydrogen) atoms.